The minimum atomic E-state index is 0.602. The average Bonchev–Trinajstić information content (AvgIpc) is 2.15. The highest BCUT2D eigenvalue weighted by Gasteiger charge is 2.02. The molecule has 3 nitrogen and oxygen atoms in total. The fourth-order valence-electron chi connectivity index (χ4n) is 1.42. The zero-order valence-corrected chi connectivity index (χ0v) is 9.90. The highest BCUT2D eigenvalue weighted by molar-refractivity contribution is 5.28. The van der Waals surface area contributed by atoms with Crippen molar-refractivity contribution in [2.45, 2.75) is 26.8 Å². The number of hydrogen-bond acceptors (Lipinski definition) is 3. The van der Waals surface area contributed by atoms with Crippen LogP contribution in [0.25, 0.3) is 0 Å². The van der Waals surface area contributed by atoms with E-state index in [4.69, 9.17) is 5.73 Å². The van der Waals surface area contributed by atoms with E-state index in [9.17, 15) is 0 Å². The number of nitrogens with two attached hydrogens (primary N) is 1. The summed E-state index contributed by atoms with van der Waals surface area (Å²) in [7, 11) is 2.12. The Morgan fingerprint density at radius 2 is 2.13 bits per heavy atom. The van der Waals surface area contributed by atoms with Gasteiger partial charge in [0, 0.05) is 6.54 Å². The third kappa shape index (κ3) is 4.79. The molecule has 0 fully saturated rings. The van der Waals surface area contributed by atoms with Crippen molar-refractivity contribution in [3.63, 3.8) is 0 Å². The number of anilines is 1. The summed E-state index contributed by atoms with van der Waals surface area (Å²) in [6, 6.07) is 5.79. The normalized spacial score (nSPS) is 11.3. The first-order chi connectivity index (χ1) is 7.08. The van der Waals surface area contributed by atoms with E-state index >= 15 is 0 Å². The lowest BCUT2D eigenvalue weighted by Gasteiger charge is -2.17. The van der Waals surface area contributed by atoms with Gasteiger partial charge in [0.1, 0.15) is 5.82 Å². The number of aromatic nitrogens is 1. The second kappa shape index (κ2) is 5.71. The number of nitrogens with zero attached hydrogens (tertiary/aromatic N) is 2. The Labute approximate surface area is 92.3 Å². The Morgan fingerprint density at radius 1 is 1.40 bits per heavy atom. The highest BCUT2D eigenvalue weighted by Crippen LogP contribution is 2.06. The van der Waals surface area contributed by atoms with E-state index < -0.39 is 0 Å². The van der Waals surface area contributed by atoms with Crippen LogP contribution < -0.4 is 5.73 Å². The molecule has 1 rings (SSSR count). The molecule has 0 bridgehead atoms. The highest BCUT2D eigenvalue weighted by atomic mass is 15.1. The number of pyridine rings is 1. The molecule has 1 heterocycles. The smallest absolute Gasteiger partial charge is 0.123 e. The average molecular weight is 207 g/mol. The van der Waals surface area contributed by atoms with E-state index in [-0.39, 0.29) is 0 Å². The van der Waals surface area contributed by atoms with E-state index in [1.54, 1.807) is 0 Å². The third-order valence-corrected chi connectivity index (χ3v) is 2.35. The van der Waals surface area contributed by atoms with Crippen molar-refractivity contribution >= 4 is 5.82 Å². The van der Waals surface area contributed by atoms with Crippen LogP contribution in [-0.4, -0.2) is 23.5 Å². The fourth-order valence-corrected chi connectivity index (χ4v) is 1.42. The van der Waals surface area contributed by atoms with Gasteiger partial charge in [0.05, 0.1) is 5.69 Å². The molecule has 1 aromatic heterocycles. The fraction of sp³-hybridized carbons (Fsp3) is 0.583. The van der Waals surface area contributed by atoms with Crippen molar-refractivity contribution in [2.75, 3.05) is 19.3 Å². The summed E-state index contributed by atoms with van der Waals surface area (Å²) in [5, 5.41) is 0. The molecule has 0 aromatic carbocycles. The van der Waals surface area contributed by atoms with Crippen LogP contribution in [0.5, 0.6) is 0 Å². The first kappa shape index (κ1) is 12.0. The van der Waals surface area contributed by atoms with Gasteiger partial charge in [-0.05, 0) is 38.1 Å². The number of hydrogen-bond donors (Lipinski definition) is 1. The largest absolute Gasteiger partial charge is 0.384 e. The van der Waals surface area contributed by atoms with Crippen molar-refractivity contribution in [1.82, 2.24) is 9.88 Å². The second-order valence-electron chi connectivity index (χ2n) is 4.47. The molecule has 0 atom stereocenters. The predicted octanol–water partition coefficient (Wildman–Crippen LogP) is 2.14. The van der Waals surface area contributed by atoms with Gasteiger partial charge >= 0.3 is 0 Å². The van der Waals surface area contributed by atoms with E-state index in [1.807, 2.05) is 18.2 Å². The Balaban J connectivity index is 2.40. The summed E-state index contributed by atoms with van der Waals surface area (Å²) in [5.74, 6) is 1.35. The Morgan fingerprint density at radius 3 is 2.73 bits per heavy atom. The van der Waals surface area contributed by atoms with Crippen LogP contribution in [0.4, 0.5) is 5.82 Å². The summed E-state index contributed by atoms with van der Waals surface area (Å²) < 4.78 is 0. The maximum absolute atomic E-state index is 5.63. The summed E-state index contributed by atoms with van der Waals surface area (Å²) in [6.07, 6.45) is 1.22. The Hall–Kier alpha value is -1.09. The molecule has 0 aliphatic rings. The van der Waals surface area contributed by atoms with Crippen molar-refractivity contribution in [3.05, 3.63) is 23.9 Å². The first-order valence-corrected chi connectivity index (χ1v) is 5.48. The number of rotatable bonds is 5. The van der Waals surface area contributed by atoms with Crippen molar-refractivity contribution in [2.24, 2.45) is 5.92 Å². The third-order valence-electron chi connectivity index (χ3n) is 2.35. The van der Waals surface area contributed by atoms with Gasteiger partial charge in [-0.3, -0.25) is 0 Å². The summed E-state index contributed by atoms with van der Waals surface area (Å²) >= 11 is 0. The lowest BCUT2D eigenvalue weighted by molar-refractivity contribution is 0.300. The molecule has 0 unspecified atom stereocenters. The monoisotopic (exact) mass is 207 g/mol. The molecule has 0 saturated heterocycles. The van der Waals surface area contributed by atoms with Crippen LogP contribution in [0.2, 0.25) is 0 Å². The zero-order chi connectivity index (χ0) is 11.3. The molecule has 84 valence electrons. The molecule has 15 heavy (non-hydrogen) atoms. The molecule has 0 saturated carbocycles. The van der Waals surface area contributed by atoms with Gasteiger partial charge in [0.15, 0.2) is 0 Å². The van der Waals surface area contributed by atoms with Crippen LogP contribution in [0, 0.1) is 5.92 Å². The first-order valence-electron chi connectivity index (χ1n) is 5.48. The van der Waals surface area contributed by atoms with Gasteiger partial charge < -0.3 is 10.6 Å². The SMILES string of the molecule is CC(C)CCN(C)Cc1cccc(N)n1. The quantitative estimate of drug-likeness (QED) is 0.804. The van der Waals surface area contributed by atoms with Crippen molar-refractivity contribution in [3.8, 4) is 0 Å². The molecule has 1 aromatic rings. The van der Waals surface area contributed by atoms with E-state index in [0.29, 0.717) is 5.82 Å². The predicted molar refractivity (Wildman–Crippen MR) is 64.4 cm³/mol. The Kier molecular flexibility index (Phi) is 4.56. The molecular formula is C12H21N3. The summed E-state index contributed by atoms with van der Waals surface area (Å²) in [5.41, 5.74) is 6.67. The van der Waals surface area contributed by atoms with E-state index in [0.717, 1.165) is 24.7 Å². The summed E-state index contributed by atoms with van der Waals surface area (Å²) in [6.45, 7) is 6.46. The molecule has 0 radical (unpaired) electrons. The minimum absolute atomic E-state index is 0.602. The van der Waals surface area contributed by atoms with E-state index in [1.165, 1.54) is 6.42 Å². The Bertz CT molecular complexity index is 297. The lowest BCUT2D eigenvalue weighted by Crippen LogP contribution is -2.21. The van der Waals surface area contributed by atoms with Gasteiger partial charge in [-0.15, -0.1) is 0 Å². The topological polar surface area (TPSA) is 42.1 Å². The standard InChI is InChI=1S/C12H21N3/c1-10(2)7-8-15(3)9-11-5-4-6-12(13)14-11/h4-6,10H,7-9H2,1-3H3,(H2,13,14). The molecule has 3 heteroatoms. The second-order valence-corrected chi connectivity index (χ2v) is 4.47. The van der Waals surface area contributed by atoms with Crippen molar-refractivity contribution < 1.29 is 0 Å². The van der Waals surface area contributed by atoms with Crippen LogP contribution in [-0.2, 0) is 6.54 Å². The summed E-state index contributed by atoms with van der Waals surface area (Å²) in [4.78, 5) is 6.56. The number of nitrogen functional groups attached to an aromatic ring is 1. The van der Waals surface area contributed by atoms with Gasteiger partial charge in [-0.25, -0.2) is 4.98 Å². The van der Waals surface area contributed by atoms with Gasteiger partial charge in [0.25, 0.3) is 0 Å². The van der Waals surface area contributed by atoms with E-state index in [2.05, 4.69) is 30.8 Å². The molecular weight excluding hydrogens is 186 g/mol. The zero-order valence-electron chi connectivity index (χ0n) is 9.90. The van der Waals surface area contributed by atoms with Crippen molar-refractivity contribution in [1.29, 1.82) is 0 Å². The molecule has 0 amide bonds. The van der Waals surface area contributed by atoms with Crippen LogP contribution >= 0.6 is 0 Å². The van der Waals surface area contributed by atoms with Gasteiger partial charge in [-0.1, -0.05) is 19.9 Å². The molecule has 2 N–H and O–H groups in total. The maximum Gasteiger partial charge on any atom is 0.123 e. The minimum Gasteiger partial charge on any atom is -0.384 e. The van der Waals surface area contributed by atoms with Crippen LogP contribution in [0.1, 0.15) is 26.0 Å². The van der Waals surface area contributed by atoms with Crippen LogP contribution in [0.15, 0.2) is 18.2 Å². The van der Waals surface area contributed by atoms with Crippen LogP contribution in [0.3, 0.4) is 0 Å². The molecule has 0 aliphatic heterocycles. The lowest BCUT2D eigenvalue weighted by atomic mass is 10.1. The van der Waals surface area contributed by atoms with Gasteiger partial charge in [-0.2, -0.15) is 0 Å². The molecule has 0 spiro atoms. The van der Waals surface area contributed by atoms with Gasteiger partial charge in [0.2, 0.25) is 0 Å². The maximum atomic E-state index is 5.63. The molecule has 0 aliphatic carbocycles.